The number of hydrogen-bond donors (Lipinski definition) is 4. The van der Waals surface area contributed by atoms with Crippen molar-refractivity contribution in [2.45, 2.75) is 64.5 Å². The van der Waals surface area contributed by atoms with Gasteiger partial charge in [0.1, 0.15) is 11.2 Å². The fourth-order valence-corrected chi connectivity index (χ4v) is 3.07. The van der Waals surface area contributed by atoms with Crippen molar-refractivity contribution < 1.29 is 15.0 Å². The number of aromatic carboxylic acids is 1. The number of hydrogen-bond acceptors (Lipinski definition) is 4. The molecule has 2 rings (SSSR count). The molecule has 0 bridgehead atoms. The summed E-state index contributed by atoms with van der Waals surface area (Å²) in [4.78, 5) is 18.6. The Bertz CT molecular complexity index is 698. The number of carboxylic acids is 1. The van der Waals surface area contributed by atoms with E-state index < -0.39 is 11.6 Å². The van der Waals surface area contributed by atoms with Gasteiger partial charge >= 0.3 is 5.97 Å². The van der Waals surface area contributed by atoms with Gasteiger partial charge in [-0.3, -0.25) is 0 Å². The largest absolute Gasteiger partial charge is 0.478 e. The van der Waals surface area contributed by atoms with Crippen molar-refractivity contribution in [3.05, 3.63) is 24.0 Å². The van der Waals surface area contributed by atoms with Gasteiger partial charge in [-0.05, 0) is 38.7 Å². The highest BCUT2D eigenvalue weighted by molar-refractivity contribution is 6.03. The smallest absolute Gasteiger partial charge is 0.339 e. The van der Waals surface area contributed by atoms with Crippen molar-refractivity contribution in [2.75, 3.05) is 5.32 Å². The predicted octanol–water partition coefficient (Wildman–Crippen LogP) is 3.78. The van der Waals surface area contributed by atoms with E-state index in [1.54, 1.807) is 6.20 Å². The molecule has 0 aliphatic carbocycles. The number of carbonyl (C=O) groups is 1. The Morgan fingerprint density at radius 3 is 2.79 bits per heavy atom. The number of carboxylic acid groups (broad SMARTS) is 1. The molecule has 6 nitrogen and oxygen atoms in total. The zero-order chi connectivity index (χ0) is 17.7. The van der Waals surface area contributed by atoms with Crippen LogP contribution < -0.4 is 5.32 Å². The Balaban J connectivity index is 2.15. The van der Waals surface area contributed by atoms with E-state index in [1.807, 2.05) is 19.9 Å². The van der Waals surface area contributed by atoms with E-state index in [2.05, 4.69) is 22.2 Å². The van der Waals surface area contributed by atoms with Crippen LogP contribution in [0.3, 0.4) is 0 Å². The molecule has 0 fully saturated rings. The van der Waals surface area contributed by atoms with Gasteiger partial charge in [-0.1, -0.05) is 20.3 Å². The quantitative estimate of drug-likeness (QED) is 0.560. The zero-order valence-electron chi connectivity index (χ0n) is 14.6. The second-order valence-electron chi connectivity index (χ2n) is 6.50. The van der Waals surface area contributed by atoms with Crippen LogP contribution in [0, 0.1) is 0 Å². The third-order valence-electron chi connectivity index (χ3n) is 4.62. The average molecular weight is 333 g/mol. The molecule has 0 radical (unpaired) electrons. The van der Waals surface area contributed by atoms with Crippen molar-refractivity contribution in [3.63, 3.8) is 0 Å². The zero-order valence-corrected chi connectivity index (χ0v) is 14.6. The van der Waals surface area contributed by atoms with Crippen LogP contribution >= 0.6 is 0 Å². The van der Waals surface area contributed by atoms with E-state index in [0.717, 1.165) is 31.1 Å². The molecule has 0 spiro atoms. The lowest BCUT2D eigenvalue weighted by molar-refractivity contribution is 0.0155. The highest BCUT2D eigenvalue weighted by Crippen LogP contribution is 2.28. The lowest BCUT2D eigenvalue weighted by atomic mass is 9.88. The van der Waals surface area contributed by atoms with E-state index >= 15 is 0 Å². The summed E-state index contributed by atoms with van der Waals surface area (Å²) in [6.07, 6.45) is 7.03. The summed E-state index contributed by atoms with van der Waals surface area (Å²) in [6, 6.07) is 1.86. The first-order valence-electron chi connectivity index (χ1n) is 8.58. The molecule has 132 valence electrons. The Kier molecular flexibility index (Phi) is 5.83. The Hall–Kier alpha value is -2.08. The summed E-state index contributed by atoms with van der Waals surface area (Å²) in [7, 11) is 0. The number of pyridine rings is 1. The van der Waals surface area contributed by atoms with Gasteiger partial charge in [-0.2, -0.15) is 0 Å². The number of rotatable bonds is 9. The van der Waals surface area contributed by atoms with Crippen LogP contribution in [0.2, 0.25) is 0 Å². The Morgan fingerprint density at radius 2 is 2.17 bits per heavy atom. The molecule has 0 amide bonds. The maximum absolute atomic E-state index is 11.5. The second kappa shape index (κ2) is 7.66. The molecule has 2 atom stereocenters. The number of anilines is 1. The van der Waals surface area contributed by atoms with Crippen molar-refractivity contribution >= 4 is 22.7 Å². The van der Waals surface area contributed by atoms with E-state index in [-0.39, 0.29) is 11.6 Å². The van der Waals surface area contributed by atoms with Gasteiger partial charge in [0.25, 0.3) is 0 Å². The summed E-state index contributed by atoms with van der Waals surface area (Å²) in [6.45, 7) is 6.08. The average Bonchev–Trinajstić information content (AvgIpc) is 3.02. The molecule has 0 saturated carbocycles. The van der Waals surface area contributed by atoms with Crippen LogP contribution in [-0.2, 0) is 0 Å². The lowest BCUT2D eigenvalue weighted by Gasteiger charge is -2.28. The summed E-state index contributed by atoms with van der Waals surface area (Å²) < 4.78 is 0. The number of aliphatic hydroxyl groups is 1. The van der Waals surface area contributed by atoms with Crippen molar-refractivity contribution in [1.82, 2.24) is 9.97 Å². The van der Waals surface area contributed by atoms with Crippen LogP contribution in [-0.4, -0.2) is 37.8 Å². The monoisotopic (exact) mass is 333 g/mol. The summed E-state index contributed by atoms with van der Waals surface area (Å²) in [5.41, 5.74) is 0.762. The first-order chi connectivity index (χ1) is 11.4. The molecule has 0 aliphatic heterocycles. The highest BCUT2D eigenvalue weighted by Gasteiger charge is 2.24. The van der Waals surface area contributed by atoms with Crippen LogP contribution in [0.4, 0.5) is 5.69 Å². The number of nitrogens with one attached hydrogen (secondary N) is 2. The van der Waals surface area contributed by atoms with Crippen molar-refractivity contribution in [1.29, 1.82) is 0 Å². The SMILES string of the molecule is CCC[C@@](O)(CC)CC[C@@H](C)Nc1c(C(=O)O)cnc2[nH]ccc12. The Labute approximate surface area is 142 Å². The first kappa shape index (κ1) is 18.3. The molecule has 0 saturated heterocycles. The number of nitrogens with zero attached hydrogens (tertiary/aromatic N) is 1. The molecule has 2 aromatic rings. The third-order valence-corrected chi connectivity index (χ3v) is 4.62. The molecule has 24 heavy (non-hydrogen) atoms. The predicted molar refractivity (Wildman–Crippen MR) is 95.5 cm³/mol. The maximum atomic E-state index is 11.5. The summed E-state index contributed by atoms with van der Waals surface area (Å²) >= 11 is 0. The summed E-state index contributed by atoms with van der Waals surface area (Å²) in [5.74, 6) is -1.00. The molecular formula is C18H27N3O3. The molecular weight excluding hydrogens is 306 g/mol. The topological polar surface area (TPSA) is 98.2 Å². The van der Waals surface area contributed by atoms with Crippen molar-refractivity contribution in [2.24, 2.45) is 0 Å². The van der Waals surface area contributed by atoms with E-state index in [4.69, 9.17) is 0 Å². The van der Waals surface area contributed by atoms with E-state index in [1.165, 1.54) is 6.20 Å². The lowest BCUT2D eigenvalue weighted by Crippen LogP contribution is -2.30. The molecule has 0 unspecified atom stereocenters. The summed E-state index contributed by atoms with van der Waals surface area (Å²) in [5, 5.41) is 24.1. The normalized spacial score (nSPS) is 15.2. The minimum Gasteiger partial charge on any atom is -0.478 e. The van der Waals surface area contributed by atoms with Gasteiger partial charge < -0.3 is 20.5 Å². The van der Waals surface area contributed by atoms with Gasteiger partial charge in [0, 0.05) is 23.8 Å². The van der Waals surface area contributed by atoms with Crippen LogP contribution in [0.15, 0.2) is 18.5 Å². The molecule has 0 aliphatic rings. The van der Waals surface area contributed by atoms with Gasteiger partial charge in [-0.25, -0.2) is 9.78 Å². The van der Waals surface area contributed by atoms with Crippen molar-refractivity contribution in [3.8, 4) is 0 Å². The first-order valence-corrected chi connectivity index (χ1v) is 8.58. The van der Waals surface area contributed by atoms with Gasteiger partial charge in [0.15, 0.2) is 0 Å². The van der Waals surface area contributed by atoms with Gasteiger partial charge in [0.05, 0.1) is 11.3 Å². The van der Waals surface area contributed by atoms with E-state index in [0.29, 0.717) is 17.8 Å². The molecule has 2 aromatic heterocycles. The van der Waals surface area contributed by atoms with E-state index in [9.17, 15) is 15.0 Å². The van der Waals surface area contributed by atoms with Crippen LogP contribution in [0.5, 0.6) is 0 Å². The highest BCUT2D eigenvalue weighted by atomic mass is 16.4. The molecule has 4 N–H and O–H groups in total. The number of aromatic nitrogens is 2. The number of H-pyrrole nitrogens is 1. The standard InChI is InChI=1S/C18H27N3O3/c1-4-8-18(24,5-2)9-6-12(3)21-15-13-7-10-19-16(13)20-11-14(15)17(22)23/h7,10-12,24H,4-6,8-9H2,1-3H3,(H,22,23)(H2,19,20,21)/t12-,18+/m1/s1. The molecule has 2 heterocycles. The molecule has 0 aromatic carbocycles. The van der Waals surface area contributed by atoms with Gasteiger partial charge in [0.2, 0.25) is 0 Å². The minimum atomic E-state index is -1.00. The van der Waals surface area contributed by atoms with Gasteiger partial charge in [-0.15, -0.1) is 0 Å². The number of aromatic amines is 1. The Morgan fingerprint density at radius 1 is 1.42 bits per heavy atom. The maximum Gasteiger partial charge on any atom is 0.339 e. The fourth-order valence-electron chi connectivity index (χ4n) is 3.07. The second-order valence-corrected chi connectivity index (χ2v) is 6.50. The minimum absolute atomic E-state index is 0.0403. The number of fused-ring (bicyclic) bond motifs is 1. The molecule has 6 heteroatoms. The van der Waals surface area contributed by atoms with Crippen LogP contribution in [0.25, 0.3) is 11.0 Å². The third kappa shape index (κ3) is 4.06. The van der Waals surface area contributed by atoms with Crippen LogP contribution in [0.1, 0.15) is 63.2 Å². The fraction of sp³-hybridized carbons (Fsp3) is 0.556.